The highest BCUT2D eigenvalue weighted by Gasteiger charge is 2.28. The molecule has 0 aliphatic carbocycles. The predicted molar refractivity (Wildman–Crippen MR) is 74.0 cm³/mol. The fourth-order valence-corrected chi connectivity index (χ4v) is 2.46. The second-order valence-corrected chi connectivity index (χ2v) is 5.77. The van der Waals surface area contributed by atoms with Gasteiger partial charge in [-0.1, -0.05) is 31.2 Å². The Labute approximate surface area is 110 Å². The average molecular weight is 248 g/mol. The van der Waals surface area contributed by atoms with Crippen LogP contribution >= 0.6 is 0 Å². The average Bonchev–Trinajstić information content (AvgIpc) is 2.42. The van der Waals surface area contributed by atoms with Crippen LogP contribution in [-0.4, -0.2) is 29.6 Å². The van der Waals surface area contributed by atoms with Crippen molar-refractivity contribution >= 4 is 0 Å². The molecule has 3 nitrogen and oxygen atoms in total. The third-order valence-electron chi connectivity index (χ3n) is 4.17. The lowest BCUT2D eigenvalue weighted by Gasteiger charge is -2.38. The zero-order valence-electron chi connectivity index (χ0n) is 11.2. The zero-order valence-corrected chi connectivity index (χ0v) is 11.2. The Morgan fingerprint density at radius 1 is 1.17 bits per heavy atom. The van der Waals surface area contributed by atoms with E-state index in [1.165, 1.54) is 18.4 Å². The van der Waals surface area contributed by atoms with E-state index >= 15 is 0 Å². The van der Waals surface area contributed by atoms with Crippen LogP contribution in [0.2, 0.25) is 0 Å². The number of nitrogens with zero attached hydrogens (tertiary/aromatic N) is 1. The molecule has 1 heterocycles. The SMILES string of the molecule is CC1(CN)CCN(Cc2ccc(CO)cc2)CC1. The van der Waals surface area contributed by atoms with Crippen LogP contribution in [0.1, 0.15) is 30.9 Å². The van der Waals surface area contributed by atoms with Gasteiger partial charge < -0.3 is 10.8 Å². The Hall–Kier alpha value is -0.900. The van der Waals surface area contributed by atoms with Crippen molar-refractivity contribution in [2.75, 3.05) is 19.6 Å². The first-order valence-electron chi connectivity index (χ1n) is 6.76. The van der Waals surface area contributed by atoms with E-state index < -0.39 is 0 Å². The zero-order chi connectivity index (χ0) is 13.0. The minimum absolute atomic E-state index is 0.124. The van der Waals surface area contributed by atoms with Crippen molar-refractivity contribution in [2.24, 2.45) is 11.1 Å². The molecule has 0 bridgehead atoms. The van der Waals surface area contributed by atoms with Gasteiger partial charge in [-0.2, -0.15) is 0 Å². The first kappa shape index (κ1) is 13.5. The maximum atomic E-state index is 9.01. The number of hydrogen-bond donors (Lipinski definition) is 2. The molecule has 0 aromatic heterocycles. The van der Waals surface area contributed by atoms with Gasteiger partial charge in [-0.05, 0) is 49.0 Å². The molecule has 1 saturated heterocycles. The summed E-state index contributed by atoms with van der Waals surface area (Å²) < 4.78 is 0. The molecule has 1 aliphatic rings. The summed E-state index contributed by atoms with van der Waals surface area (Å²) in [6, 6.07) is 8.23. The normalized spacial score (nSPS) is 19.9. The maximum Gasteiger partial charge on any atom is 0.0681 e. The summed E-state index contributed by atoms with van der Waals surface area (Å²) in [5.74, 6) is 0. The van der Waals surface area contributed by atoms with Gasteiger partial charge in [0.25, 0.3) is 0 Å². The van der Waals surface area contributed by atoms with Gasteiger partial charge >= 0.3 is 0 Å². The summed E-state index contributed by atoms with van der Waals surface area (Å²) in [5.41, 5.74) is 8.47. The van der Waals surface area contributed by atoms with Crippen LogP contribution in [0.15, 0.2) is 24.3 Å². The number of benzene rings is 1. The molecule has 18 heavy (non-hydrogen) atoms. The lowest BCUT2D eigenvalue weighted by molar-refractivity contribution is 0.119. The van der Waals surface area contributed by atoms with Crippen molar-refractivity contribution in [1.29, 1.82) is 0 Å². The van der Waals surface area contributed by atoms with Crippen molar-refractivity contribution in [3.05, 3.63) is 35.4 Å². The Kier molecular flexibility index (Phi) is 4.38. The molecule has 1 fully saturated rings. The van der Waals surface area contributed by atoms with Crippen LogP contribution in [-0.2, 0) is 13.2 Å². The Balaban J connectivity index is 1.87. The first-order chi connectivity index (χ1) is 8.65. The van der Waals surface area contributed by atoms with Gasteiger partial charge in [-0.15, -0.1) is 0 Å². The Morgan fingerprint density at radius 3 is 2.22 bits per heavy atom. The number of rotatable bonds is 4. The van der Waals surface area contributed by atoms with Crippen molar-refractivity contribution in [2.45, 2.75) is 32.9 Å². The minimum atomic E-state index is 0.124. The fourth-order valence-electron chi connectivity index (χ4n) is 2.46. The van der Waals surface area contributed by atoms with Crippen molar-refractivity contribution in [3.63, 3.8) is 0 Å². The summed E-state index contributed by atoms with van der Waals surface area (Å²) in [7, 11) is 0. The number of piperidine rings is 1. The molecule has 0 amide bonds. The maximum absolute atomic E-state index is 9.01. The van der Waals surface area contributed by atoms with Crippen molar-refractivity contribution < 1.29 is 5.11 Å². The third-order valence-corrected chi connectivity index (χ3v) is 4.17. The minimum Gasteiger partial charge on any atom is -0.392 e. The monoisotopic (exact) mass is 248 g/mol. The van der Waals surface area contributed by atoms with Gasteiger partial charge in [0.05, 0.1) is 6.61 Å². The van der Waals surface area contributed by atoms with Gasteiger partial charge in [-0.3, -0.25) is 4.90 Å². The van der Waals surface area contributed by atoms with E-state index in [9.17, 15) is 0 Å². The van der Waals surface area contributed by atoms with Crippen LogP contribution in [0, 0.1) is 5.41 Å². The number of aliphatic hydroxyl groups is 1. The number of aliphatic hydroxyl groups excluding tert-OH is 1. The molecule has 3 heteroatoms. The van der Waals surface area contributed by atoms with Crippen LogP contribution < -0.4 is 5.73 Å². The lowest BCUT2D eigenvalue weighted by Crippen LogP contribution is -2.41. The highest BCUT2D eigenvalue weighted by atomic mass is 16.3. The van der Waals surface area contributed by atoms with Gasteiger partial charge in [0, 0.05) is 6.54 Å². The van der Waals surface area contributed by atoms with Crippen LogP contribution in [0.5, 0.6) is 0 Å². The summed E-state index contributed by atoms with van der Waals surface area (Å²) >= 11 is 0. The van der Waals surface area contributed by atoms with Gasteiger partial charge in [0.15, 0.2) is 0 Å². The molecule has 0 spiro atoms. The van der Waals surface area contributed by atoms with Crippen LogP contribution in [0.25, 0.3) is 0 Å². The number of hydrogen-bond acceptors (Lipinski definition) is 3. The van der Waals surface area contributed by atoms with Gasteiger partial charge in [0.1, 0.15) is 0 Å². The molecule has 1 aromatic rings. The van der Waals surface area contributed by atoms with Gasteiger partial charge in [-0.25, -0.2) is 0 Å². The molecule has 1 aromatic carbocycles. The Morgan fingerprint density at radius 2 is 1.72 bits per heavy atom. The Bertz CT molecular complexity index is 367. The summed E-state index contributed by atoms with van der Waals surface area (Å²) in [5, 5.41) is 9.01. The largest absolute Gasteiger partial charge is 0.392 e. The second kappa shape index (κ2) is 5.83. The van der Waals surface area contributed by atoms with Crippen molar-refractivity contribution in [3.8, 4) is 0 Å². The molecule has 0 saturated carbocycles. The van der Waals surface area contributed by atoms with Crippen LogP contribution in [0.4, 0.5) is 0 Å². The molecule has 1 aliphatic heterocycles. The van der Waals surface area contributed by atoms with Gasteiger partial charge in [0.2, 0.25) is 0 Å². The highest BCUT2D eigenvalue weighted by Crippen LogP contribution is 2.29. The third kappa shape index (κ3) is 3.31. The molecule has 100 valence electrons. The smallest absolute Gasteiger partial charge is 0.0681 e. The summed E-state index contributed by atoms with van der Waals surface area (Å²) in [6.45, 7) is 6.49. The van der Waals surface area contributed by atoms with Crippen molar-refractivity contribution in [1.82, 2.24) is 4.90 Å². The molecule has 0 unspecified atom stereocenters. The van der Waals surface area contributed by atoms with E-state index in [1.807, 2.05) is 12.1 Å². The molecule has 0 radical (unpaired) electrons. The molecular formula is C15H24N2O. The topological polar surface area (TPSA) is 49.5 Å². The van der Waals surface area contributed by atoms with E-state index in [0.717, 1.165) is 31.7 Å². The molecule has 2 rings (SSSR count). The van der Waals surface area contributed by atoms with E-state index in [0.29, 0.717) is 5.41 Å². The standard InChI is InChI=1S/C15H24N2O/c1-15(12-16)6-8-17(9-7-15)10-13-2-4-14(11-18)5-3-13/h2-5,18H,6-12,16H2,1H3. The predicted octanol–water partition coefficient (Wildman–Crippen LogP) is 1.74. The summed E-state index contributed by atoms with van der Waals surface area (Å²) in [4.78, 5) is 2.49. The van der Waals surface area contributed by atoms with E-state index in [2.05, 4.69) is 24.0 Å². The van der Waals surface area contributed by atoms with E-state index in [-0.39, 0.29) is 6.61 Å². The molecule has 3 N–H and O–H groups in total. The second-order valence-electron chi connectivity index (χ2n) is 5.77. The fraction of sp³-hybridized carbons (Fsp3) is 0.600. The quantitative estimate of drug-likeness (QED) is 0.853. The number of nitrogens with two attached hydrogens (primary N) is 1. The van der Waals surface area contributed by atoms with Crippen LogP contribution in [0.3, 0.4) is 0 Å². The molecule has 0 atom stereocenters. The molecular weight excluding hydrogens is 224 g/mol. The lowest BCUT2D eigenvalue weighted by atomic mass is 9.80. The highest BCUT2D eigenvalue weighted by molar-refractivity contribution is 5.21. The first-order valence-corrected chi connectivity index (χ1v) is 6.76. The van der Waals surface area contributed by atoms with E-state index in [1.54, 1.807) is 0 Å². The van der Waals surface area contributed by atoms with E-state index in [4.69, 9.17) is 10.8 Å². The summed E-state index contributed by atoms with van der Waals surface area (Å²) in [6.07, 6.45) is 2.39. The number of likely N-dealkylation sites (tertiary alicyclic amines) is 1.